The summed E-state index contributed by atoms with van der Waals surface area (Å²) in [6, 6.07) is 11.5. The van der Waals surface area contributed by atoms with Gasteiger partial charge in [0.25, 0.3) is 0 Å². The van der Waals surface area contributed by atoms with Crippen LogP contribution in [0.4, 0.5) is 5.69 Å². The van der Waals surface area contributed by atoms with Crippen LogP contribution in [-0.2, 0) is 4.74 Å². The standard InChI is InChI=1S/C18H28N2O/c1-2-18-15(10-13-21-18)14-19-16-8-11-20(12-9-16)17-6-4-3-5-7-17/h3-7,15-16,18-19H,2,8-14H2,1H3. The van der Waals surface area contributed by atoms with Gasteiger partial charge in [-0.3, -0.25) is 0 Å². The normalized spacial score (nSPS) is 27.2. The first-order chi connectivity index (χ1) is 10.4. The molecule has 2 saturated heterocycles. The van der Waals surface area contributed by atoms with Gasteiger partial charge in [0.15, 0.2) is 0 Å². The maximum absolute atomic E-state index is 5.78. The Morgan fingerprint density at radius 1 is 1.14 bits per heavy atom. The van der Waals surface area contributed by atoms with Gasteiger partial charge in [-0.2, -0.15) is 0 Å². The molecule has 0 bridgehead atoms. The summed E-state index contributed by atoms with van der Waals surface area (Å²) in [6.45, 7) is 6.66. The van der Waals surface area contributed by atoms with Crippen molar-refractivity contribution in [2.24, 2.45) is 5.92 Å². The highest BCUT2D eigenvalue weighted by atomic mass is 16.5. The first-order valence-corrected chi connectivity index (χ1v) is 8.52. The van der Waals surface area contributed by atoms with Gasteiger partial charge in [0.1, 0.15) is 0 Å². The van der Waals surface area contributed by atoms with Gasteiger partial charge in [-0.05, 0) is 43.7 Å². The Hall–Kier alpha value is -1.06. The van der Waals surface area contributed by atoms with Crippen molar-refractivity contribution in [1.29, 1.82) is 0 Å². The second kappa shape index (κ2) is 7.28. The summed E-state index contributed by atoms with van der Waals surface area (Å²) < 4.78 is 5.78. The minimum Gasteiger partial charge on any atom is -0.378 e. The fraction of sp³-hybridized carbons (Fsp3) is 0.667. The van der Waals surface area contributed by atoms with E-state index in [1.54, 1.807) is 0 Å². The third kappa shape index (κ3) is 3.78. The molecule has 1 aromatic rings. The van der Waals surface area contributed by atoms with E-state index in [1.807, 2.05) is 0 Å². The van der Waals surface area contributed by atoms with Crippen molar-refractivity contribution in [3.8, 4) is 0 Å². The predicted octanol–water partition coefficient (Wildman–Crippen LogP) is 3.06. The molecule has 3 nitrogen and oxygen atoms in total. The maximum atomic E-state index is 5.78. The van der Waals surface area contributed by atoms with Crippen molar-refractivity contribution in [2.45, 2.75) is 44.8 Å². The topological polar surface area (TPSA) is 24.5 Å². The largest absolute Gasteiger partial charge is 0.378 e. The Kier molecular flexibility index (Phi) is 5.15. The first-order valence-electron chi connectivity index (χ1n) is 8.52. The van der Waals surface area contributed by atoms with Gasteiger partial charge >= 0.3 is 0 Å². The molecule has 2 heterocycles. The molecule has 2 atom stereocenters. The third-order valence-electron chi connectivity index (χ3n) is 5.03. The Balaban J connectivity index is 1.42. The van der Waals surface area contributed by atoms with Gasteiger partial charge in [0.05, 0.1) is 6.10 Å². The fourth-order valence-corrected chi connectivity index (χ4v) is 3.68. The molecule has 0 radical (unpaired) electrons. The second-order valence-electron chi connectivity index (χ2n) is 6.37. The highest BCUT2D eigenvalue weighted by Gasteiger charge is 2.27. The van der Waals surface area contributed by atoms with Crippen molar-refractivity contribution < 1.29 is 4.74 Å². The summed E-state index contributed by atoms with van der Waals surface area (Å²) in [4.78, 5) is 2.51. The van der Waals surface area contributed by atoms with Crippen LogP contribution < -0.4 is 10.2 Å². The van der Waals surface area contributed by atoms with Crippen LogP contribution in [0, 0.1) is 5.92 Å². The second-order valence-corrected chi connectivity index (χ2v) is 6.37. The molecule has 0 saturated carbocycles. The molecule has 0 aliphatic carbocycles. The van der Waals surface area contributed by atoms with Crippen molar-refractivity contribution in [3.05, 3.63) is 30.3 Å². The number of anilines is 1. The molecule has 3 heteroatoms. The zero-order chi connectivity index (χ0) is 14.5. The van der Waals surface area contributed by atoms with Gasteiger partial charge in [0.2, 0.25) is 0 Å². The van der Waals surface area contributed by atoms with E-state index in [9.17, 15) is 0 Å². The molecule has 1 aromatic carbocycles. The highest BCUT2D eigenvalue weighted by Crippen LogP contribution is 2.24. The van der Waals surface area contributed by atoms with E-state index in [1.165, 1.54) is 38.0 Å². The van der Waals surface area contributed by atoms with Crippen LogP contribution in [0.5, 0.6) is 0 Å². The molecule has 0 aromatic heterocycles. The monoisotopic (exact) mass is 288 g/mol. The van der Waals surface area contributed by atoms with E-state index in [-0.39, 0.29) is 0 Å². The molecule has 2 fully saturated rings. The Morgan fingerprint density at radius 3 is 2.62 bits per heavy atom. The number of hydrogen-bond donors (Lipinski definition) is 1. The lowest BCUT2D eigenvalue weighted by atomic mass is 9.98. The molecule has 2 aliphatic rings. The summed E-state index contributed by atoms with van der Waals surface area (Å²) in [7, 11) is 0. The number of rotatable bonds is 5. The minimum atomic E-state index is 0.488. The van der Waals surface area contributed by atoms with Gasteiger partial charge in [-0.1, -0.05) is 25.1 Å². The number of benzene rings is 1. The van der Waals surface area contributed by atoms with E-state index in [2.05, 4.69) is 47.5 Å². The van der Waals surface area contributed by atoms with Crippen LogP contribution in [-0.4, -0.2) is 38.4 Å². The van der Waals surface area contributed by atoms with E-state index in [4.69, 9.17) is 4.74 Å². The molecule has 3 rings (SSSR count). The summed E-state index contributed by atoms with van der Waals surface area (Å²) in [5.41, 5.74) is 1.37. The summed E-state index contributed by atoms with van der Waals surface area (Å²) >= 11 is 0. The number of nitrogens with one attached hydrogen (secondary N) is 1. The van der Waals surface area contributed by atoms with Gasteiger partial charge in [-0.15, -0.1) is 0 Å². The molecule has 2 unspecified atom stereocenters. The molecule has 2 aliphatic heterocycles. The number of para-hydroxylation sites is 1. The predicted molar refractivity (Wildman–Crippen MR) is 87.8 cm³/mol. The minimum absolute atomic E-state index is 0.488. The maximum Gasteiger partial charge on any atom is 0.0613 e. The van der Waals surface area contributed by atoms with Crippen LogP contribution >= 0.6 is 0 Å². The molecule has 0 spiro atoms. The molecule has 116 valence electrons. The van der Waals surface area contributed by atoms with Gasteiger partial charge in [0, 0.05) is 38.0 Å². The summed E-state index contributed by atoms with van der Waals surface area (Å²) in [5, 5.41) is 3.79. The number of piperidine rings is 1. The molecule has 21 heavy (non-hydrogen) atoms. The molecular formula is C18H28N2O. The van der Waals surface area contributed by atoms with Crippen molar-refractivity contribution in [1.82, 2.24) is 5.32 Å². The van der Waals surface area contributed by atoms with E-state index in [0.717, 1.165) is 25.5 Å². The molecular weight excluding hydrogens is 260 g/mol. The first kappa shape index (κ1) is 14.9. The smallest absolute Gasteiger partial charge is 0.0613 e. The lowest BCUT2D eigenvalue weighted by Gasteiger charge is -2.34. The average molecular weight is 288 g/mol. The number of ether oxygens (including phenoxy) is 1. The van der Waals surface area contributed by atoms with Crippen molar-refractivity contribution >= 4 is 5.69 Å². The lowest BCUT2D eigenvalue weighted by molar-refractivity contribution is 0.0863. The Morgan fingerprint density at radius 2 is 1.90 bits per heavy atom. The fourth-order valence-electron chi connectivity index (χ4n) is 3.68. The van der Waals surface area contributed by atoms with Crippen LogP contribution in [0.2, 0.25) is 0 Å². The zero-order valence-corrected chi connectivity index (χ0v) is 13.1. The van der Waals surface area contributed by atoms with Gasteiger partial charge in [-0.25, -0.2) is 0 Å². The lowest BCUT2D eigenvalue weighted by Crippen LogP contribution is -2.44. The highest BCUT2D eigenvalue weighted by molar-refractivity contribution is 5.46. The average Bonchev–Trinajstić information content (AvgIpc) is 3.02. The van der Waals surface area contributed by atoms with Crippen molar-refractivity contribution in [2.75, 3.05) is 31.1 Å². The summed E-state index contributed by atoms with van der Waals surface area (Å²) in [6.07, 6.45) is 5.37. The number of nitrogens with zero attached hydrogens (tertiary/aromatic N) is 1. The van der Waals surface area contributed by atoms with E-state index >= 15 is 0 Å². The van der Waals surface area contributed by atoms with Crippen LogP contribution in [0.15, 0.2) is 30.3 Å². The van der Waals surface area contributed by atoms with Crippen LogP contribution in [0.3, 0.4) is 0 Å². The van der Waals surface area contributed by atoms with Crippen LogP contribution in [0.1, 0.15) is 32.6 Å². The van der Waals surface area contributed by atoms with Crippen molar-refractivity contribution in [3.63, 3.8) is 0 Å². The SMILES string of the molecule is CCC1OCCC1CNC1CCN(c2ccccc2)CC1. The van der Waals surface area contributed by atoms with Crippen LogP contribution in [0.25, 0.3) is 0 Å². The number of hydrogen-bond acceptors (Lipinski definition) is 3. The van der Waals surface area contributed by atoms with E-state index < -0.39 is 0 Å². The third-order valence-corrected chi connectivity index (χ3v) is 5.03. The molecule has 0 amide bonds. The van der Waals surface area contributed by atoms with Gasteiger partial charge < -0.3 is 15.0 Å². The summed E-state index contributed by atoms with van der Waals surface area (Å²) in [5.74, 6) is 0.724. The Labute approximate surface area is 128 Å². The Bertz CT molecular complexity index is 414. The van der Waals surface area contributed by atoms with E-state index in [0.29, 0.717) is 12.1 Å². The quantitative estimate of drug-likeness (QED) is 0.901. The molecule has 1 N–H and O–H groups in total. The zero-order valence-electron chi connectivity index (χ0n) is 13.1.